The summed E-state index contributed by atoms with van der Waals surface area (Å²) in [6, 6.07) is 19.5. The van der Waals surface area contributed by atoms with Crippen LogP contribution in [0, 0.1) is 0 Å². The fourth-order valence-electron chi connectivity index (χ4n) is 3.49. The fourth-order valence-corrected chi connectivity index (χ4v) is 3.97. The zero-order chi connectivity index (χ0) is 26.5. The molecule has 2 N–H and O–H groups in total. The molecule has 10 heteroatoms. The number of hydrogen-bond donors (Lipinski definition) is 2. The molecule has 0 fully saturated rings. The molecule has 0 aromatic heterocycles. The largest absolute Gasteiger partial charge is 0.462 e. The molecule has 0 unspecified atom stereocenters. The van der Waals surface area contributed by atoms with Crippen molar-refractivity contribution in [1.82, 2.24) is 0 Å². The molecule has 0 aliphatic carbocycles. The lowest BCUT2D eigenvalue weighted by molar-refractivity contribution is -0.120. The van der Waals surface area contributed by atoms with Crippen molar-refractivity contribution >= 4 is 68.3 Å². The summed E-state index contributed by atoms with van der Waals surface area (Å²) >= 11 is 9.58. The third-order valence-electron chi connectivity index (χ3n) is 5.32. The second-order valence-corrected chi connectivity index (χ2v) is 9.28. The number of anilines is 3. The van der Waals surface area contributed by atoms with Crippen LogP contribution in [0.1, 0.15) is 34.1 Å². The highest BCUT2D eigenvalue weighted by molar-refractivity contribution is 9.10. The van der Waals surface area contributed by atoms with E-state index in [2.05, 4.69) is 26.6 Å². The van der Waals surface area contributed by atoms with E-state index in [4.69, 9.17) is 16.3 Å². The first-order valence-corrected chi connectivity index (χ1v) is 12.5. The molecule has 188 valence electrons. The zero-order valence-corrected chi connectivity index (χ0v) is 21.9. The van der Waals surface area contributed by atoms with E-state index in [1.165, 1.54) is 24.3 Å². The van der Waals surface area contributed by atoms with Gasteiger partial charge >= 0.3 is 5.97 Å². The molecule has 0 atom stereocenters. The van der Waals surface area contributed by atoms with E-state index in [1.807, 2.05) is 19.1 Å². The minimum absolute atomic E-state index is 0.122. The van der Waals surface area contributed by atoms with Crippen LogP contribution in [0.5, 0.6) is 0 Å². The molecule has 0 spiro atoms. The number of nitrogens with one attached hydrogen (secondary N) is 2. The predicted octanol–water partition coefficient (Wildman–Crippen LogP) is 5.70. The van der Waals surface area contributed by atoms with Crippen molar-refractivity contribution in [2.24, 2.45) is 0 Å². The van der Waals surface area contributed by atoms with E-state index in [0.29, 0.717) is 35.5 Å². The van der Waals surface area contributed by atoms with Crippen molar-refractivity contribution in [2.45, 2.75) is 13.3 Å². The van der Waals surface area contributed by atoms with E-state index >= 15 is 0 Å². The van der Waals surface area contributed by atoms with Crippen molar-refractivity contribution in [3.05, 3.63) is 99.1 Å². The molecule has 3 aromatic carbocycles. The van der Waals surface area contributed by atoms with Gasteiger partial charge in [0, 0.05) is 21.4 Å². The minimum Gasteiger partial charge on any atom is -0.462 e. The molecule has 0 bridgehead atoms. The Morgan fingerprint density at radius 1 is 0.919 bits per heavy atom. The molecule has 0 radical (unpaired) electrons. The Labute approximate surface area is 226 Å². The van der Waals surface area contributed by atoms with Crippen molar-refractivity contribution < 1.29 is 23.9 Å². The summed E-state index contributed by atoms with van der Waals surface area (Å²) in [5, 5.41) is 5.37. The zero-order valence-electron chi connectivity index (χ0n) is 19.6. The third kappa shape index (κ3) is 5.90. The van der Waals surface area contributed by atoms with Gasteiger partial charge in [0.1, 0.15) is 10.7 Å². The SMILES string of the molecule is CCCOC(=O)c1ccc(N2C(=O)C(Cl)=C(Nc3cccc(C(=O)Nc4ccc(Br)cc4)c3)C2=O)cc1. The Hall–Kier alpha value is -3.95. The van der Waals surface area contributed by atoms with Crippen LogP contribution < -0.4 is 15.5 Å². The van der Waals surface area contributed by atoms with E-state index in [-0.39, 0.29) is 22.3 Å². The Kier molecular flexibility index (Phi) is 8.05. The van der Waals surface area contributed by atoms with Gasteiger partial charge < -0.3 is 15.4 Å². The van der Waals surface area contributed by atoms with E-state index in [9.17, 15) is 19.2 Å². The number of hydrogen-bond acceptors (Lipinski definition) is 6. The van der Waals surface area contributed by atoms with Crippen LogP contribution in [0.15, 0.2) is 88.0 Å². The van der Waals surface area contributed by atoms with Gasteiger partial charge in [-0.25, -0.2) is 9.69 Å². The maximum Gasteiger partial charge on any atom is 0.338 e. The number of esters is 1. The lowest BCUT2D eigenvalue weighted by Gasteiger charge is -2.15. The molecule has 3 amide bonds. The smallest absolute Gasteiger partial charge is 0.338 e. The topological polar surface area (TPSA) is 105 Å². The number of rotatable bonds is 8. The van der Waals surface area contributed by atoms with Crippen LogP contribution in [0.25, 0.3) is 0 Å². The molecule has 0 saturated heterocycles. The molecule has 3 aromatic rings. The summed E-state index contributed by atoms with van der Waals surface area (Å²) in [6.45, 7) is 2.18. The van der Waals surface area contributed by atoms with Gasteiger partial charge in [-0.15, -0.1) is 0 Å². The van der Waals surface area contributed by atoms with Crippen molar-refractivity contribution in [1.29, 1.82) is 0 Å². The first-order valence-electron chi connectivity index (χ1n) is 11.3. The highest BCUT2D eigenvalue weighted by atomic mass is 79.9. The second kappa shape index (κ2) is 11.4. The molecular weight excluding hydrogens is 562 g/mol. The lowest BCUT2D eigenvalue weighted by atomic mass is 10.1. The normalized spacial score (nSPS) is 13.1. The highest BCUT2D eigenvalue weighted by Crippen LogP contribution is 2.30. The van der Waals surface area contributed by atoms with Crippen LogP contribution in [0.2, 0.25) is 0 Å². The van der Waals surface area contributed by atoms with Gasteiger partial charge in [0.25, 0.3) is 17.7 Å². The third-order valence-corrected chi connectivity index (χ3v) is 6.20. The molecule has 37 heavy (non-hydrogen) atoms. The van der Waals surface area contributed by atoms with Crippen LogP contribution in [-0.2, 0) is 14.3 Å². The first kappa shape index (κ1) is 26.1. The van der Waals surface area contributed by atoms with Crippen molar-refractivity contribution in [3.63, 3.8) is 0 Å². The van der Waals surface area contributed by atoms with Crippen molar-refractivity contribution in [3.8, 4) is 0 Å². The van der Waals surface area contributed by atoms with Gasteiger partial charge in [0.15, 0.2) is 0 Å². The number of carbonyl (C=O) groups excluding carboxylic acids is 4. The number of amides is 3. The van der Waals surface area contributed by atoms with Crippen LogP contribution in [0.3, 0.4) is 0 Å². The monoisotopic (exact) mass is 581 g/mol. The minimum atomic E-state index is -0.709. The second-order valence-electron chi connectivity index (χ2n) is 7.98. The lowest BCUT2D eigenvalue weighted by Crippen LogP contribution is -2.32. The van der Waals surface area contributed by atoms with E-state index in [1.54, 1.807) is 36.4 Å². The molecule has 8 nitrogen and oxygen atoms in total. The summed E-state index contributed by atoms with van der Waals surface area (Å²) in [5.74, 6) is -2.21. The van der Waals surface area contributed by atoms with E-state index in [0.717, 1.165) is 9.37 Å². The number of halogens is 2. The standard InChI is InChI=1S/C27H21BrClN3O5/c1-2-14-37-27(36)16-6-12-21(13-7-16)32-25(34)22(29)23(26(32)35)30-20-5-3-4-17(15-20)24(33)31-19-10-8-18(28)9-11-19/h3-13,15,30H,2,14H2,1H3,(H,31,33). The Morgan fingerprint density at radius 2 is 1.62 bits per heavy atom. The Bertz CT molecular complexity index is 1400. The van der Waals surface area contributed by atoms with Crippen molar-refractivity contribution in [2.75, 3.05) is 22.1 Å². The summed E-state index contributed by atoms with van der Waals surface area (Å²) in [4.78, 5) is 51.5. The fraction of sp³-hybridized carbons (Fsp3) is 0.111. The predicted molar refractivity (Wildman–Crippen MR) is 145 cm³/mol. The van der Waals surface area contributed by atoms with Gasteiger partial charge in [-0.1, -0.05) is 40.5 Å². The first-order chi connectivity index (χ1) is 17.8. The van der Waals surface area contributed by atoms with Gasteiger partial charge in [-0.2, -0.15) is 0 Å². The average Bonchev–Trinajstić information content (AvgIpc) is 3.11. The van der Waals surface area contributed by atoms with Gasteiger partial charge in [0.05, 0.1) is 17.9 Å². The Morgan fingerprint density at radius 3 is 2.30 bits per heavy atom. The maximum atomic E-state index is 13.1. The maximum absolute atomic E-state index is 13.1. The number of carbonyl (C=O) groups is 4. The molecule has 1 aliphatic rings. The van der Waals surface area contributed by atoms with Gasteiger partial charge in [0.2, 0.25) is 0 Å². The molecule has 4 rings (SSSR count). The molecule has 1 heterocycles. The van der Waals surface area contributed by atoms with Gasteiger partial charge in [-0.3, -0.25) is 14.4 Å². The summed E-state index contributed by atoms with van der Waals surface area (Å²) in [6.07, 6.45) is 0.694. The summed E-state index contributed by atoms with van der Waals surface area (Å²) in [7, 11) is 0. The number of ether oxygens (including phenoxy) is 1. The van der Waals surface area contributed by atoms with E-state index < -0.39 is 17.8 Å². The Balaban J connectivity index is 1.48. The summed E-state index contributed by atoms with van der Waals surface area (Å²) < 4.78 is 5.98. The number of benzene rings is 3. The highest BCUT2D eigenvalue weighted by Gasteiger charge is 2.39. The number of imide groups is 1. The van der Waals surface area contributed by atoms with Gasteiger partial charge in [-0.05, 0) is 73.2 Å². The molecule has 1 aliphatic heterocycles. The van der Waals surface area contributed by atoms with Crippen LogP contribution in [-0.4, -0.2) is 30.3 Å². The summed E-state index contributed by atoms with van der Waals surface area (Å²) in [5.41, 5.74) is 1.78. The molecular formula is C27H21BrClN3O5. The molecule has 0 saturated carbocycles. The average molecular weight is 583 g/mol. The quantitative estimate of drug-likeness (QED) is 0.261. The van der Waals surface area contributed by atoms with Crippen LogP contribution in [0.4, 0.5) is 17.1 Å². The number of nitrogens with zero attached hydrogens (tertiary/aromatic N) is 1. The van der Waals surface area contributed by atoms with Crippen LogP contribution >= 0.6 is 27.5 Å².